The lowest BCUT2D eigenvalue weighted by molar-refractivity contribution is 0.0330. The van der Waals surface area contributed by atoms with E-state index >= 15 is 0 Å². The number of hydrogen-bond acceptors (Lipinski definition) is 8. The van der Waals surface area contributed by atoms with Crippen molar-refractivity contribution in [3.8, 4) is 5.75 Å². The molecule has 2 fully saturated rings. The van der Waals surface area contributed by atoms with Crippen molar-refractivity contribution in [2.45, 2.75) is 76.3 Å². The number of piperidine rings is 1. The first-order chi connectivity index (χ1) is 18.8. The third-order valence-electron chi connectivity index (χ3n) is 8.24. The number of carbonyl (C=O) groups is 1. The summed E-state index contributed by atoms with van der Waals surface area (Å²) in [6, 6.07) is 6.56. The summed E-state index contributed by atoms with van der Waals surface area (Å²) in [6.07, 6.45) is 5.87. The second kappa shape index (κ2) is 11.9. The van der Waals surface area contributed by atoms with E-state index < -0.39 is 10.1 Å². The molecule has 0 bridgehead atoms. The van der Waals surface area contributed by atoms with Gasteiger partial charge in [0.25, 0.3) is 0 Å². The van der Waals surface area contributed by atoms with Crippen LogP contribution in [0, 0.1) is 13.8 Å². The van der Waals surface area contributed by atoms with Gasteiger partial charge in [-0.1, -0.05) is 18.1 Å². The van der Waals surface area contributed by atoms with Crippen molar-refractivity contribution in [3.63, 3.8) is 0 Å². The summed E-state index contributed by atoms with van der Waals surface area (Å²) in [6.45, 7) is 10.5. The maximum absolute atomic E-state index is 13.0. The summed E-state index contributed by atoms with van der Waals surface area (Å²) < 4.78 is 41.9. The normalized spacial score (nSPS) is 20.8. The molecule has 1 atom stereocenters. The Morgan fingerprint density at radius 1 is 1.05 bits per heavy atom. The van der Waals surface area contributed by atoms with Crippen LogP contribution in [-0.2, 0) is 27.7 Å². The predicted octanol–water partition coefficient (Wildman–Crippen LogP) is 3.55. The fraction of sp³-hybridized carbons (Fsp3) is 0.643. The number of hydrogen-bond donors (Lipinski definition) is 0. The van der Waals surface area contributed by atoms with Gasteiger partial charge in [-0.3, -0.25) is 4.90 Å². The number of ether oxygens (including phenoxy) is 1. The maximum Gasteiger partial charge on any atom is 0.344 e. The molecule has 1 aromatic carbocycles. The van der Waals surface area contributed by atoms with Crippen LogP contribution in [0.1, 0.15) is 55.2 Å². The van der Waals surface area contributed by atoms with E-state index in [0.717, 1.165) is 63.7 Å². The molecule has 0 saturated carbocycles. The quantitative estimate of drug-likeness (QED) is 0.474. The fourth-order valence-corrected chi connectivity index (χ4v) is 7.54. The van der Waals surface area contributed by atoms with E-state index in [1.807, 2.05) is 21.9 Å². The van der Waals surface area contributed by atoms with Crippen LogP contribution < -0.4 is 4.18 Å². The highest BCUT2D eigenvalue weighted by Gasteiger charge is 2.34. The first-order valence-electron chi connectivity index (χ1n) is 14.1. The lowest BCUT2D eigenvalue weighted by atomic mass is 9.86. The molecule has 2 aromatic rings. The van der Waals surface area contributed by atoms with Crippen molar-refractivity contribution >= 4 is 16.1 Å². The number of rotatable bonds is 7. The topological polar surface area (TPSA) is 105 Å². The summed E-state index contributed by atoms with van der Waals surface area (Å²) >= 11 is 0. The smallest absolute Gasteiger partial charge is 0.344 e. The van der Waals surface area contributed by atoms with E-state index in [-0.39, 0.29) is 16.7 Å². The molecule has 0 N–H and O–H groups in total. The van der Waals surface area contributed by atoms with E-state index in [0.29, 0.717) is 49.8 Å². The van der Waals surface area contributed by atoms with Crippen molar-refractivity contribution in [1.82, 2.24) is 19.9 Å². The molecule has 0 radical (unpaired) electrons. The van der Waals surface area contributed by atoms with E-state index in [4.69, 9.17) is 13.4 Å². The Hall–Kier alpha value is -2.63. The van der Waals surface area contributed by atoms with Gasteiger partial charge in [0.05, 0.1) is 13.2 Å². The van der Waals surface area contributed by atoms with Crippen LogP contribution >= 0.6 is 0 Å². The third kappa shape index (κ3) is 6.10. The van der Waals surface area contributed by atoms with Crippen molar-refractivity contribution in [2.24, 2.45) is 0 Å². The molecule has 214 valence electrons. The van der Waals surface area contributed by atoms with Crippen molar-refractivity contribution in [1.29, 1.82) is 0 Å². The Bertz CT molecular complexity index is 1250. The Morgan fingerprint density at radius 3 is 2.44 bits per heavy atom. The van der Waals surface area contributed by atoms with Gasteiger partial charge in [0, 0.05) is 38.3 Å². The van der Waals surface area contributed by atoms with Gasteiger partial charge in [-0.25, -0.2) is 4.79 Å². The van der Waals surface area contributed by atoms with Gasteiger partial charge >= 0.3 is 16.1 Å². The van der Waals surface area contributed by atoms with Crippen LogP contribution in [0.5, 0.6) is 5.75 Å². The molecule has 10 nitrogen and oxygen atoms in total. The van der Waals surface area contributed by atoms with Crippen LogP contribution in [0.15, 0.2) is 27.6 Å². The molecule has 1 aromatic heterocycles. The second-order valence-corrected chi connectivity index (χ2v) is 12.3. The summed E-state index contributed by atoms with van der Waals surface area (Å²) in [5.74, 6) is 0.532. The molecular weight excluding hydrogens is 520 g/mol. The molecule has 3 heterocycles. The molecule has 1 unspecified atom stereocenters. The van der Waals surface area contributed by atoms with Crippen LogP contribution in [0.3, 0.4) is 0 Å². The number of aromatic nitrogens is 1. The zero-order valence-electron chi connectivity index (χ0n) is 23.2. The highest BCUT2D eigenvalue weighted by Crippen LogP contribution is 2.32. The van der Waals surface area contributed by atoms with Gasteiger partial charge in [0.15, 0.2) is 10.7 Å². The molecule has 2 aliphatic heterocycles. The zero-order valence-corrected chi connectivity index (χ0v) is 24.0. The van der Waals surface area contributed by atoms with Gasteiger partial charge in [-0.15, -0.1) is 0 Å². The molecule has 2 saturated heterocycles. The average molecular weight is 561 g/mol. The first kappa shape index (κ1) is 27.9. The minimum atomic E-state index is -4.04. The van der Waals surface area contributed by atoms with Gasteiger partial charge in [0.1, 0.15) is 11.4 Å². The highest BCUT2D eigenvalue weighted by atomic mass is 32.2. The van der Waals surface area contributed by atoms with Gasteiger partial charge in [-0.05, 0) is 82.2 Å². The maximum atomic E-state index is 13.0. The number of carbonyl (C=O) groups excluding carboxylic acids is 1. The number of benzene rings is 1. The largest absolute Gasteiger partial charge is 0.379 e. The molecule has 5 rings (SSSR count). The molecule has 0 spiro atoms. The average Bonchev–Trinajstić information content (AvgIpc) is 3.29. The van der Waals surface area contributed by atoms with Crippen LogP contribution in [0.2, 0.25) is 0 Å². The lowest BCUT2D eigenvalue weighted by Crippen LogP contribution is -2.54. The van der Waals surface area contributed by atoms with Crippen molar-refractivity contribution in [2.75, 3.05) is 45.9 Å². The van der Waals surface area contributed by atoms with Gasteiger partial charge < -0.3 is 23.2 Å². The van der Waals surface area contributed by atoms with E-state index in [2.05, 4.69) is 17.0 Å². The van der Waals surface area contributed by atoms with E-state index in [9.17, 15) is 13.2 Å². The number of nitrogens with zero attached hydrogens (tertiary/aromatic N) is 4. The van der Waals surface area contributed by atoms with Crippen LogP contribution in [0.4, 0.5) is 4.79 Å². The Kier molecular flexibility index (Phi) is 8.49. The summed E-state index contributed by atoms with van der Waals surface area (Å²) in [5, 5.41) is 3.75. The highest BCUT2D eigenvalue weighted by molar-refractivity contribution is 7.87. The Morgan fingerprint density at radius 2 is 1.77 bits per heavy atom. The minimum absolute atomic E-state index is 0.00865. The SMILES string of the molecule is CCCN(C1CCN(C(=O)N2CCOCC2)CC1)C1CCc2ccc(OS(=O)(=O)c3c(C)noc3C)cc2C1. The molecule has 39 heavy (non-hydrogen) atoms. The zero-order chi connectivity index (χ0) is 27.6. The molecular formula is C28H40N4O6S. The lowest BCUT2D eigenvalue weighted by Gasteiger charge is -2.44. The van der Waals surface area contributed by atoms with Crippen molar-refractivity contribution in [3.05, 3.63) is 40.8 Å². The van der Waals surface area contributed by atoms with Crippen LogP contribution in [0.25, 0.3) is 0 Å². The molecule has 3 aliphatic rings. The standard InChI is InChI=1S/C28H40N4O6S/c1-4-11-32(24-9-12-30(13-10-24)28(33)31-14-16-36-17-15-31)25-7-5-22-6-8-26(19-23(22)18-25)38-39(34,35)27-20(2)29-37-21(27)3/h6,8,19,24-25H,4-5,7,9-18H2,1-3H3. The number of urea groups is 1. The first-order valence-corrected chi connectivity index (χ1v) is 15.5. The Balaban J connectivity index is 1.25. The monoisotopic (exact) mass is 560 g/mol. The molecule has 1 aliphatic carbocycles. The van der Waals surface area contributed by atoms with Crippen LogP contribution in [-0.4, -0.2) is 92.3 Å². The fourth-order valence-electron chi connectivity index (χ4n) is 6.31. The van der Waals surface area contributed by atoms with Crippen molar-refractivity contribution < 1.29 is 26.7 Å². The van der Waals surface area contributed by atoms with Gasteiger partial charge in [-0.2, -0.15) is 8.42 Å². The number of morpholine rings is 1. The minimum Gasteiger partial charge on any atom is -0.379 e. The summed E-state index contributed by atoms with van der Waals surface area (Å²) in [4.78, 5) is 19.5. The number of fused-ring (bicyclic) bond motifs is 1. The third-order valence-corrected chi connectivity index (χ3v) is 9.74. The molecule has 11 heteroatoms. The van der Waals surface area contributed by atoms with E-state index in [1.165, 1.54) is 5.56 Å². The number of amides is 2. The number of aryl methyl sites for hydroxylation is 3. The second-order valence-electron chi connectivity index (χ2n) is 10.9. The van der Waals surface area contributed by atoms with E-state index in [1.54, 1.807) is 19.9 Å². The Labute approximate surface area is 231 Å². The summed E-state index contributed by atoms with van der Waals surface area (Å²) in [5.41, 5.74) is 2.67. The number of likely N-dealkylation sites (tertiary alicyclic amines) is 1. The molecule has 2 amide bonds. The summed E-state index contributed by atoms with van der Waals surface area (Å²) in [7, 11) is -4.04. The van der Waals surface area contributed by atoms with Gasteiger partial charge in [0.2, 0.25) is 0 Å². The predicted molar refractivity (Wildman–Crippen MR) is 145 cm³/mol.